The third-order valence-corrected chi connectivity index (χ3v) is 5.49. The van der Waals surface area contributed by atoms with E-state index in [2.05, 4.69) is 31.2 Å². The first kappa shape index (κ1) is 18.2. The summed E-state index contributed by atoms with van der Waals surface area (Å²) in [4.78, 5) is 14.6. The Kier molecular flexibility index (Phi) is 4.39. The molecule has 1 spiro atoms. The van der Waals surface area contributed by atoms with Crippen LogP contribution < -0.4 is 0 Å². The van der Waals surface area contributed by atoms with Gasteiger partial charge in [0.1, 0.15) is 5.60 Å². The van der Waals surface area contributed by atoms with Crippen LogP contribution in [0, 0.1) is 12.3 Å². The summed E-state index contributed by atoms with van der Waals surface area (Å²) in [5, 5.41) is 10.2. The van der Waals surface area contributed by atoms with Crippen LogP contribution >= 0.6 is 0 Å². The van der Waals surface area contributed by atoms with Gasteiger partial charge in [-0.05, 0) is 71.3 Å². The molecule has 1 aromatic rings. The standard InChI is InChI=1S/C21H31NO3/c1-15-6-8-16(9-7-15)17-12-21(13-20(5,24)14-21)10-11-22(17)18(23)25-19(2,3)4/h6-9,17,24H,10-14H2,1-5H3. The lowest BCUT2D eigenvalue weighted by atomic mass is 9.54. The quantitative estimate of drug-likeness (QED) is 0.809. The van der Waals surface area contributed by atoms with Gasteiger partial charge in [-0.25, -0.2) is 4.79 Å². The summed E-state index contributed by atoms with van der Waals surface area (Å²) in [5.74, 6) is 0. The van der Waals surface area contributed by atoms with Crippen molar-refractivity contribution in [3.8, 4) is 0 Å². The highest BCUT2D eigenvalue weighted by Gasteiger charge is 2.54. The molecule has 4 nitrogen and oxygen atoms in total. The Bertz CT molecular complexity index is 634. The van der Waals surface area contributed by atoms with E-state index in [-0.39, 0.29) is 17.6 Å². The van der Waals surface area contributed by atoms with Crippen LogP contribution in [0.15, 0.2) is 24.3 Å². The lowest BCUT2D eigenvalue weighted by Crippen LogP contribution is -2.56. The highest BCUT2D eigenvalue weighted by molar-refractivity contribution is 5.69. The summed E-state index contributed by atoms with van der Waals surface area (Å²) < 4.78 is 5.65. The van der Waals surface area contributed by atoms with Crippen LogP contribution in [0.2, 0.25) is 0 Å². The Morgan fingerprint density at radius 3 is 2.36 bits per heavy atom. The van der Waals surface area contributed by atoms with Gasteiger partial charge in [0.15, 0.2) is 0 Å². The van der Waals surface area contributed by atoms with Gasteiger partial charge in [0.2, 0.25) is 0 Å². The number of nitrogens with zero attached hydrogens (tertiary/aromatic N) is 1. The van der Waals surface area contributed by atoms with E-state index in [4.69, 9.17) is 4.74 Å². The van der Waals surface area contributed by atoms with Gasteiger partial charge < -0.3 is 14.7 Å². The molecule has 1 N–H and O–H groups in total. The Balaban J connectivity index is 1.84. The number of rotatable bonds is 1. The highest BCUT2D eigenvalue weighted by Crippen LogP contribution is 2.58. The van der Waals surface area contributed by atoms with Gasteiger partial charge in [-0.3, -0.25) is 0 Å². The topological polar surface area (TPSA) is 49.8 Å². The van der Waals surface area contributed by atoms with Crippen LogP contribution in [-0.2, 0) is 4.74 Å². The van der Waals surface area contributed by atoms with Crippen molar-refractivity contribution in [1.29, 1.82) is 0 Å². The minimum atomic E-state index is -0.550. The maximum absolute atomic E-state index is 12.8. The predicted molar refractivity (Wildman–Crippen MR) is 98.4 cm³/mol. The van der Waals surface area contributed by atoms with Gasteiger partial charge in [-0.1, -0.05) is 29.8 Å². The molecule has 3 rings (SSSR count). The number of piperidine rings is 1. The van der Waals surface area contributed by atoms with Crippen LogP contribution in [0.4, 0.5) is 4.79 Å². The van der Waals surface area contributed by atoms with Crippen molar-refractivity contribution in [3.63, 3.8) is 0 Å². The summed E-state index contributed by atoms with van der Waals surface area (Å²) in [6.07, 6.45) is 3.24. The number of benzene rings is 1. The maximum atomic E-state index is 12.8. The molecular formula is C21H31NO3. The normalized spacial score (nSPS) is 32.4. The fraction of sp³-hybridized carbons (Fsp3) is 0.667. The number of ether oxygens (including phenoxy) is 1. The summed E-state index contributed by atoms with van der Waals surface area (Å²) in [7, 11) is 0. The molecule has 4 heteroatoms. The largest absolute Gasteiger partial charge is 0.444 e. The van der Waals surface area contributed by atoms with E-state index in [1.165, 1.54) is 5.56 Å². The zero-order valence-electron chi connectivity index (χ0n) is 16.1. The Morgan fingerprint density at radius 1 is 1.24 bits per heavy atom. The molecule has 1 unspecified atom stereocenters. The van der Waals surface area contributed by atoms with Gasteiger partial charge >= 0.3 is 6.09 Å². The van der Waals surface area contributed by atoms with Crippen molar-refractivity contribution in [2.45, 2.75) is 77.5 Å². The number of aryl methyl sites for hydroxylation is 1. The molecule has 1 saturated carbocycles. The summed E-state index contributed by atoms with van der Waals surface area (Å²) in [6.45, 7) is 10.4. The molecule has 0 aromatic heterocycles. The van der Waals surface area contributed by atoms with Crippen LogP contribution in [0.25, 0.3) is 0 Å². The van der Waals surface area contributed by atoms with E-state index in [1.807, 2.05) is 32.6 Å². The van der Waals surface area contributed by atoms with Gasteiger partial charge in [0, 0.05) is 6.54 Å². The molecule has 1 atom stereocenters. The number of carbonyl (C=O) groups excluding carboxylic acids is 1. The molecule has 138 valence electrons. The number of aliphatic hydroxyl groups is 1. The number of likely N-dealkylation sites (tertiary alicyclic amines) is 1. The Hall–Kier alpha value is -1.55. The molecule has 1 heterocycles. The Morgan fingerprint density at radius 2 is 1.84 bits per heavy atom. The smallest absolute Gasteiger partial charge is 0.410 e. The number of hydrogen-bond acceptors (Lipinski definition) is 3. The lowest BCUT2D eigenvalue weighted by molar-refractivity contribution is -0.146. The SMILES string of the molecule is Cc1ccc(C2CC3(CCN2C(=O)OC(C)(C)C)CC(C)(O)C3)cc1. The fourth-order valence-corrected chi connectivity index (χ4v) is 4.65. The van der Waals surface area contributed by atoms with Gasteiger partial charge in [-0.15, -0.1) is 0 Å². The van der Waals surface area contributed by atoms with Crippen molar-refractivity contribution in [2.75, 3.05) is 6.54 Å². The monoisotopic (exact) mass is 345 g/mol. The molecule has 1 amide bonds. The zero-order valence-corrected chi connectivity index (χ0v) is 16.1. The highest BCUT2D eigenvalue weighted by atomic mass is 16.6. The van der Waals surface area contributed by atoms with E-state index >= 15 is 0 Å². The van der Waals surface area contributed by atoms with E-state index in [9.17, 15) is 9.90 Å². The van der Waals surface area contributed by atoms with Gasteiger partial charge in [0.25, 0.3) is 0 Å². The van der Waals surface area contributed by atoms with E-state index in [0.717, 1.165) is 31.2 Å². The van der Waals surface area contributed by atoms with Crippen LogP contribution in [0.3, 0.4) is 0 Å². The van der Waals surface area contributed by atoms with E-state index < -0.39 is 11.2 Å². The first-order chi connectivity index (χ1) is 11.5. The first-order valence-corrected chi connectivity index (χ1v) is 9.27. The van der Waals surface area contributed by atoms with Crippen molar-refractivity contribution < 1.29 is 14.6 Å². The van der Waals surface area contributed by atoms with Crippen molar-refractivity contribution >= 4 is 6.09 Å². The zero-order chi connectivity index (χ0) is 18.5. The van der Waals surface area contributed by atoms with Crippen LogP contribution in [0.5, 0.6) is 0 Å². The van der Waals surface area contributed by atoms with Crippen molar-refractivity contribution in [1.82, 2.24) is 4.90 Å². The van der Waals surface area contributed by atoms with Crippen LogP contribution in [0.1, 0.15) is 70.5 Å². The van der Waals surface area contributed by atoms with E-state index in [0.29, 0.717) is 6.54 Å². The molecule has 1 aliphatic heterocycles. The molecule has 1 aliphatic carbocycles. The summed E-state index contributed by atoms with van der Waals surface area (Å²) in [6, 6.07) is 8.45. The second kappa shape index (κ2) is 6.01. The summed E-state index contributed by atoms with van der Waals surface area (Å²) >= 11 is 0. The molecular weight excluding hydrogens is 314 g/mol. The predicted octanol–water partition coefficient (Wildman–Crippen LogP) is 4.60. The molecule has 1 aromatic carbocycles. The van der Waals surface area contributed by atoms with Gasteiger partial charge in [-0.2, -0.15) is 0 Å². The van der Waals surface area contributed by atoms with Crippen LogP contribution in [-0.4, -0.2) is 33.8 Å². The molecule has 2 fully saturated rings. The van der Waals surface area contributed by atoms with E-state index in [1.54, 1.807) is 0 Å². The average Bonchev–Trinajstić information content (AvgIpc) is 2.44. The minimum Gasteiger partial charge on any atom is -0.444 e. The fourth-order valence-electron chi connectivity index (χ4n) is 4.65. The van der Waals surface area contributed by atoms with Gasteiger partial charge in [0.05, 0.1) is 11.6 Å². The van der Waals surface area contributed by atoms with Crippen molar-refractivity contribution in [3.05, 3.63) is 35.4 Å². The molecule has 2 aliphatic rings. The lowest BCUT2D eigenvalue weighted by Gasteiger charge is -2.57. The maximum Gasteiger partial charge on any atom is 0.410 e. The average molecular weight is 345 g/mol. The third-order valence-electron chi connectivity index (χ3n) is 5.49. The first-order valence-electron chi connectivity index (χ1n) is 9.27. The molecule has 1 saturated heterocycles. The number of carbonyl (C=O) groups is 1. The Labute approximate surface area is 151 Å². The molecule has 0 bridgehead atoms. The number of hydrogen-bond donors (Lipinski definition) is 1. The number of amides is 1. The van der Waals surface area contributed by atoms with Crippen molar-refractivity contribution in [2.24, 2.45) is 5.41 Å². The second-order valence-corrected chi connectivity index (χ2v) is 9.40. The summed E-state index contributed by atoms with van der Waals surface area (Å²) in [5.41, 5.74) is 1.47. The minimum absolute atomic E-state index is 0.0142. The second-order valence-electron chi connectivity index (χ2n) is 9.40. The molecule has 25 heavy (non-hydrogen) atoms. The third kappa shape index (κ3) is 4.00. The molecule has 0 radical (unpaired) electrons.